The Hall–Kier alpha value is -1.15. The Kier molecular flexibility index (Phi) is 4.54. The fourth-order valence-electron chi connectivity index (χ4n) is 2.70. The minimum Gasteiger partial charge on any atom is -0.296 e. The molecule has 2 heteroatoms. The van der Waals surface area contributed by atoms with E-state index in [0.717, 1.165) is 31.5 Å². The third-order valence-electron chi connectivity index (χ3n) is 3.77. The Morgan fingerprint density at radius 1 is 1.22 bits per heavy atom. The molecule has 2 nitrogen and oxygen atoms in total. The molecule has 1 aromatic rings. The van der Waals surface area contributed by atoms with E-state index in [1.54, 1.807) is 0 Å². The summed E-state index contributed by atoms with van der Waals surface area (Å²) in [6, 6.07) is 6.27. The first kappa shape index (κ1) is 13.3. The number of hydrogen-bond acceptors (Lipinski definition) is 2. The average Bonchev–Trinajstić information content (AvgIpc) is 2.85. The van der Waals surface area contributed by atoms with Crippen LogP contribution in [-0.2, 0) is 12.8 Å². The van der Waals surface area contributed by atoms with Gasteiger partial charge in [-0.3, -0.25) is 9.69 Å². The molecule has 1 aliphatic rings. The van der Waals surface area contributed by atoms with Crippen LogP contribution in [0.1, 0.15) is 48.2 Å². The smallest absolute Gasteiger partial charge is 0.176 e. The highest BCUT2D eigenvalue weighted by Crippen LogP contribution is 2.23. The lowest BCUT2D eigenvalue weighted by atomic mass is 10.0. The predicted octanol–water partition coefficient (Wildman–Crippen LogP) is 3.09. The minimum absolute atomic E-state index is 0.264. The van der Waals surface area contributed by atoms with E-state index >= 15 is 0 Å². The summed E-state index contributed by atoms with van der Waals surface area (Å²) in [7, 11) is 0. The van der Waals surface area contributed by atoms with Gasteiger partial charge >= 0.3 is 0 Å². The molecule has 0 spiro atoms. The van der Waals surface area contributed by atoms with E-state index in [2.05, 4.69) is 30.9 Å². The molecule has 0 bridgehead atoms. The topological polar surface area (TPSA) is 20.3 Å². The first-order chi connectivity index (χ1) is 8.74. The van der Waals surface area contributed by atoms with Crippen LogP contribution in [0.2, 0.25) is 0 Å². The van der Waals surface area contributed by atoms with E-state index < -0.39 is 0 Å². The minimum atomic E-state index is 0.264. The van der Waals surface area contributed by atoms with Gasteiger partial charge in [-0.05, 0) is 56.0 Å². The van der Waals surface area contributed by atoms with Gasteiger partial charge < -0.3 is 0 Å². The van der Waals surface area contributed by atoms with Crippen molar-refractivity contribution in [2.24, 2.45) is 0 Å². The van der Waals surface area contributed by atoms with Crippen LogP contribution in [0.15, 0.2) is 18.2 Å². The van der Waals surface area contributed by atoms with Crippen molar-refractivity contribution in [2.45, 2.75) is 39.5 Å². The second-order valence-electron chi connectivity index (χ2n) is 5.13. The van der Waals surface area contributed by atoms with Crippen molar-refractivity contribution in [3.63, 3.8) is 0 Å². The van der Waals surface area contributed by atoms with Crippen LogP contribution in [0.25, 0.3) is 0 Å². The number of Topliss-reactive ketones (excluding diaryl/α,β-unsaturated/α-hetero) is 1. The Balaban J connectivity index is 2.04. The summed E-state index contributed by atoms with van der Waals surface area (Å²) in [5.41, 5.74) is 3.72. The highest BCUT2D eigenvalue weighted by atomic mass is 16.1. The molecule has 1 aromatic carbocycles. The van der Waals surface area contributed by atoms with Gasteiger partial charge in [0.2, 0.25) is 0 Å². The zero-order valence-corrected chi connectivity index (χ0v) is 11.5. The number of likely N-dealkylation sites (N-methyl/N-ethyl adjacent to an activating group) is 1. The molecule has 0 aromatic heterocycles. The monoisotopic (exact) mass is 245 g/mol. The van der Waals surface area contributed by atoms with E-state index in [4.69, 9.17) is 0 Å². The number of carbonyl (C=O) groups excluding carboxylic acids is 1. The summed E-state index contributed by atoms with van der Waals surface area (Å²) in [5.74, 6) is 0.264. The van der Waals surface area contributed by atoms with Crippen LogP contribution in [0.5, 0.6) is 0 Å². The zero-order chi connectivity index (χ0) is 13.0. The molecule has 0 saturated carbocycles. The van der Waals surface area contributed by atoms with E-state index in [1.807, 2.05) is 6.07 Å². The van der Waals surface area contributed by atoms with Crippen LogP contribution in [-0.4, -0.2) is 30.3 Å². The van der Waals surface area contributed by atoms with Gasteiger partial charge in [0.25, 0.3) is 0 Å². The number of benzene rings is 1. The third-order valence-corrected chi connectivity index (χ3v) is 3.77. The molecule has 0 unspecified atom stereocenters. The maximum atomic E-state index is 12.2. The standard InChI is InChI=1S/C16H23NO/c1-3-10-17(4-2)12-16(18)15-9-8-13-6-5-7-14(13)11-15/h8-9,11H,3-7,10,12H2,1-2H3. The van der Waals surface area contributed by atoms with Crippen molar-refractivity contribution in [3.05, 3.63) is 34.9 Å². The number of ketones is 1. The molecule has 1 aliphatic carbocycles. The fourth-order valence-corrected chi connectivity index (χ4v) is 2.70. The maximum absolute atomic E-state index is 12.2. The zero-order valence-electron chi connectivity index (χ0n) is 11.5. The van der Waals surface area contributed by atoms with Gasteiger partial charge in [-0.15, -0.1) is 0 Å². The molecule has 0 heterocycles. The van der Waals surface area contributed by atoms with E-state index in [0.29, 0.717) is 6.54 Å². The van der Waals surface area contributed by atoms with E-state index in [9.17, 15) is 4.79 Å². The first-order valence-electron chi connectivity index (χ1n) is 7.12. The summed E-state index contributed by atoms with van der Waals surface area (Å²) in [6.07, 6.45) is 4.67. The highest BCUT2D eigenvalue weighted by Gasteiger charge is 2.15. The summed E-state index contributed by atoms with van der Waals surface area (Å²) in [6.45, 7) is 6.79. The van der Waals surface area contributed by atoms with Gasteiger partial charge in [0.15, 0.2) is 5.78 Å². The van der Waals surface area contributed by atoms with Crippen molar-refractivity contribution in [3.8, 4) is 0 Å². The summed E-state index contributed by atoms with van der Waals surface area (Å²) < 4.78 is 0. The number of rotatable bonds is 6. The van der Waals surface area contributed by atoms with Gasteiger partial charge in [-0.1, -0.05) is 26.0 Å². The molecule has 0 aliphatic heterocycles. The van der Waals surface area contributed by atoms with E-state index in [1.165, 1.54) is 24.0 Å². The van der Waals surface area contributed by atoms with Gasteiger partial charge in [0, 0.05) is 5.56 Å². The van der Waals surface area contributed by atoms with Crippen molar-refractivity contribution in [1.29, 1.82) is 0 Å². The average molecular weight is 245 g/mol. The van der Waals surface area contributed by atoms with Crippen LogP contribution in [0.4, 0.5) is 0 Å². The molecule has 0 radical (unpaired) electrons. The number of aryl methyl sites for hydroxylation is 2. The van der Waals surface area contributed by atoms with Crippen molar-refractivity contribution >= 4 is 5.78 Å². The van der Waals surface area contributed by atoms with Crippen molar-refractivity contribution < 1.29 is 4.79 Å². The quantitative estimate of drug-likeness (QED) is 0.718. The Labute approximate surface area is 110 Å². The lowest BCUT2D eigenvalue weighted by Crippen LogP contribution is -2.30. The lowest BCUT2D eigenvalue weighted by Gasteiger charge is -2.18. The van der Waals surface area contributed by atoms with Gasteiger partial charge in [0.1, 0.15) is 0 Å². The fraction of sp³-hybridized carbons (Fsp3) is 0.562. The van der Waals surface area contributed by atoms with E-state index in [-0.39, 0.29) is 5.78 Å². The molecule has 0 N–H and O–H groups in total. The SMILES string of the molecule is CCCN(CC)CC(=O)c1ccc2c(c1)CCC2. The Bertz CT molecular complexity index is 425. The lowest BCUT2D eigenvalue weighted by molar-refractivity contribution is 0.0934. The molecule has 0 fully saturated rings. The molecule has 98 valence electrons. The second kappa shape index (κ2) is 6.14. The largest absolute Gasteiger partial charge is 0.296 e. The normalized spacial score (nSPS) is 13.9. The third kappa shape index (κ3) is 2.99. The van der Waals surface area contributed by atoms with Gasteiger partial charge in [-0.2, -0.15) is 0 Å². The predicted molar refractivity (Wildman–Crippen MR) is 75.2 cm³/mol. The van der Waals surface area contributed by atoms with Crippen molar-refractivity contribution in [2.75, 3.05) is 19.6 Å². The number of hydrogen-bond donors (Lipinski definition) is 0. The van der Waals surface area contributed by atoms with Gasteiger partial charge in [0.05, 0.1) is 6.54 Å². The molecule has 18 heavy (non-hydrogen) atoms. The van der Waals surface area contributed by atoms with Crippen LogP contribution in [0, 0.1) is 0 Å². The number of carbonyl (C=O) groups is 1. The number of fused-ring (bicyclic) bond motifs is 1. The Morgan fingerprint density at radius 2 is 2.00 bits per heavy atom. The number of nitrogens with zero attached hydrogens (tertiary/aromatic N) is 1. The van der Waals surface area contributed by atoms with Gasteiger partial charge in [-0.25, -0.2) is 0 Å². The van der Waals surface area contributed by atoms with Crippen LogP contribution >= 0.6 is 0 Å². The Morgan fingerprint density at radius 3 is 2.72 bits per heavy atom. The highest BCUT2D eigenvalue weighted by molar-refractivity contribution is 5.97. The van der Waals surface area contributed by atoms with Crippen LogP contribution < -0.4 is 0 Å². The second-order valence-corrected chi connectivity index (χ2v) is 5.13. The molecular formula is C16H23NO. The van der Waals surface area contributed by atoms with Crippen LogP contribution in [0.3, 0.4) is 0 Å². The maximum Gasteiger partial charge on any atom is 0.176 e. The summed E-state index contributed by atoms with van der Waals surface area (Å²) in [4.78, 5) is 14.5. The molecule has 0 amide bonds. The molecule has 0 saturated heterocycles. The molecule has 2 rings (SSSR count). The summed E-state index contributed by atoms with van der Waals surface area (Å²) >= 11 is 0. The molecular weight excluding hydrogens is 222 g/mol. The molecule has 0 atom stereocenters. The van der Waals surface area contributed by atoms with Crippen molar-refractivity contribution in [1.82, 2.24) is 4.90 Å². The first-order valence-corrected chi connectivity index (χ1v) is 7.12. The summed E-state index contributed by atoms with van der Waals surface area (Å²) in [5, 5.41) is 0.